The van der Waals surface area contributed by atoms with Crippen LogP contribution in [0.5, 0.6) is 5.75 Å². The lowest BCUT2D eigenvalue weighted by Crippen LogP contribution is -2.51. The Bertz CT molecular complexity index is 1440. The summed E-state index contributed by atoms with van der Waals surface area (Å²) in [5.41, 5.74) is 3.56. The first kappa shape index (κ1) is 37.3. The number of anilines is 1. The van der Waals surface area contributed by atoms with Gasteiger partial charge in [0.05, 0.1) is 0 Å². The van der Waals surface area contributed by atoms with Gasteiger partial charge in [-0.1, -0.05) is 43.2 Å². The van der Waals surface area contributed by atoms with Gasteiger partial charge in [-0.05, 0) is 95.0 Å². The van der Waals surface area contributed by atoms with Crippen LogP contribution in [0.3, 0.4) is 0 Å². The Hall–Kier alpha value is -4.48. The Morgan fingerprint density at radius 3 is 2.24 bits per heavy atom. The van der Waals surface area contributed by atoms with Gasteiger partial charge in [-0.3, -0.25) is 4.79 Å². The number of aromatic hydroxyl groups is 1. The van der Waals surface area contributed by atoms with Crippen molar-refractivity contribution in [1.82, 2.24) is 20.4 Å². The number of fused-ring (bicyclic) bond motifs is 1. The quantitative estimate of drug-likeness (QED) is 0.207. The predicted molar refractivity (Wildman–Crippen MR) is 188 cm³/mol. The number of aryl methyl sites for hydroxylation is 2. The van der Waals surface area contributed by atoms with E-state index in [9.17, 15) is 24.3 Å². The maximum atomic E-state index is 13.4. The maximum absolute atomic E-state index is 13.4. The van der Waals surface area contributed by atoms with Crippen LogP contribution < -0.4 is 16.0 Å². The molecule has 0 bridgehead atoms. The van der Waals surface area contributed by atoms with Crippen molar-refractivity contribution in [3.63, 3.8) is 0 Å². The standard InChI is InChI=1S/C37H53N5O7/c1-25-22-27(23-26(2)32(25)43)24-31(33(44)38-17-10-6-7-11-18-39-35(46)49-37(3,4)5)48-36(47)41-19-15-29(16-20-41)42-21-14-28-12-8-9-13-30(28)40-34(42)45/h8-9,12-13,22-23,29,31,43H,6-7,10-11,14-21,24H2,1-5H3,(H,38,44)(H,39,46)(H,40,45). The van der Waals surface area contributed by atoms with Crippen LogP contribution in [0.1, 0.15) is 81.5 Å². The van der Waals surface area contributed by atoms with Crippen molar-refractivity contribution < 1.29 is 33.8 Å². The van der Waals surface area contributed by atoms with E-state index < -0.39 is 23.9 Å². The van der Waals surface area contributed by atoms with E-state index in [4.69, 9.17) is 9.47 Å². The fraction of sp³-hybridized carbons (Fsp3) is 0.568. The average Bonchev–Trinajstić information content (AvgIpc) is 3.21. The summed E-state index contributed by atoms with van der Waals surface area (Å²) < 4.78 is 11.1. The second-order valence-corrected chi connectivity index (χ2v) is 14.0. The van der Waals surface area contributed by atoms with Crippen LogP contribution in [0.2, 0.25) is 0 Å². The molecular formula is C37H53N5O7. The number of para-hydroxylation sites is 1. The molecule has 0 radical (unpaired) electrons. The number of carbonyl (C=O) groups is 4. The van der Waals surface area contributed by atoms with E-state index in [1.807, 2.05) is 49.9 Å². The van der Waals surface area contributed by atoms with Crippen molar-refractivity contribution >= 4 is 29.8 Å². The van der Waals surface area contributed by atoms with Crippen LogP contribution >= 0.6 is 0 Å². The predicted octanol–water partition coefficient (Wildman–Crippen LogP) is 5.81. The first-order valence-electron chi connectivity index (χ1n) is 17.5. The maximum Gasteiger partial charge on any atom is 0.410 e. The van der Waals surface area contributed by atoms with Gasteiger partial charge in [0.1, 0.15) is 11.4 Å². The molecule has 268 valence electrons. The molecule has 0 spiro atoms. The number of nitrogens with zero attached hydrogens (tertiary/aromatic N) is 2. The van der Waals surface area contributed by atoms with E-state index in [0.717, 1.165) is 48.9 Å². The third kappa shape index (κ3) is 11.3. The Morgan fingerprint density at radius 1 is 0.959 bits per heavy atom. The molecule has 2 aromatic carbocycles. The third-order valence-electron chi connectivity index (χ3n) is 8.88. The van der Waals surface area contributed by atoms with E-state index >= 15 is 0 Å². The van der Waals surface area contributed by atoms with Gasteiger partial charge in [0, 0.05) is 50.9 Å². The molecule has 5 amide bonds. The number of hydrogen-bond acceptors (Lipinski definition) is 7. The van der Waals surface area contributed by atoms with Crippen molar-refractivity contribution in [3.8, 4) is 5.75 Å². The second-order valence-electron chi connectivity index (χ2n) is 14.0. The molecule has 12 heteroatoms. The van der Waals surface area contributed by atoms with Gasteiger partial charge < -0.3 is 40.3 Å². The van der Waals surface area contributed by atoms with Crippen molar-refractivity contribution in [1.29, 1.82) is 0 Å². The highest BCUT2D eigenvalue weighted by Crippen LogP contribution is 2.26. The summed E-state index contributed by atoms with van der Waals surface area (Å²) >= 11 is 0. The number of hydrogen-bond donors (Lipinski definition) is 4. The number of piperidine rings is 1. The van der Waals surface area contributed by atoms with E-state index in [0.29, 0.717) is 56.7 Å². The highest BCUT2D eigenvalue weighted by molar-refractivity contribution is 5.91. The van der Waals surface area contributed by atoms with Crippen LogP contribution in [0.15, 0.2) is 36.4 Å². The second kappa shape index (κ2) is 17.3. The summed E-state index contributed by atoms with van der Waals surface area (Å²) in [4.78, 5) is 55.1. The fourth-order valence-corrected chi connectivity index (χ4v) is 6.29. The van der Waals surface area contributed by atoms with E-state index in [1.165, 1.54) is 0 Å². The summed E-state index contributed by atoms with van der Waals surface area (Å²) in [5, 5.41) is 19.0. The molecule has 1 fully saturated rings. The summed E-state index contributed by atoms with van der Waals surface area (Å²) in [6, 6.07) is 11.3. The van der Waals surface area contributed by atoms with Crippen LogP contribution in [-0.2, 0) is 27.1 Å². The number of phenolic OH excluding ortho intramolecular Hbond substituents is 1. The fourth-order valence-electron chi connectivity index (χ4n) is 6.29. The lowest BCUT2D eigenvalue weighted by Gasteiger charge is -2.37. The Kier molecular flexibility index (Phi) is 13.2. The molecular weight excluding hydrogens is 626 g/mol. The number of amides is 5. The Morgan fingerprint density at radius 2 is 1.59 bits per heavy atom. The van der Waals surface area contributed by atoms with Crippen molar-refractivity contribution in [2.45, 2.75) is 104 Å². The summed E-state index contributed by atoms with van der Waals surface area (Å²) in [6.45, 7) is 11.4. The largest absolute Gasteiger partial charge is 0.507 e. The monoisotopic (exact) mass is 679 g/mol. The van der Waals surface area contributed by atoms with Gasteiger partial charge in [-0.15, -0.1) is 0 Å². The number of likely N-dealkylation sites (tertiary alicyclic amines) is 1. The molecule has 2 heterocycles. The number of nitrogens with one attached hydrogen (secondary N) is 3. The lowest BCUT2D eigenvalue weighted by molar-refractivity contribution is -0.130. The Labute approximate surface area is 289 Å². The lowest BCUT2D eigenvalue weighted by atomic mass is 10.0. The van der Waals surface area contributed by atoms with Crippen LogP contribution in [0.4, 0.5) is 20.1 Å². The first-order chi connectivity index (χ1) is 23.3. The van der Waals surface area contributed by atoms with Crippen molar-refractivity contribution in [2.75, 3.05) is 38.0 Å². The van der Waals surface area contributed by atoms with Crippen LogP contribution in [0.25, 0.3) is 0 Å². The van der Waals surface area contributed by atoms with Crippen LogP contribution in [0, 0.1) is 13.8 Å². The molecule has 1 atom stereocenters. The number of phenols is 1. The Balaban J connectivity index is 1.27. The number of rotatable bonds is 12. The summed E-state index contributed by atoms with van der Waals surface area (Å²) in [5.74, 6) is -0.174. The molecule has 4 N–H and O–H groups in total. The molecule has 2 aliphatic heterocycles. The number of urea groups is 1. The zero-order chi connectivity index (χ0) is 35.6. The molecule has 0 aliphatic carbocycles. The topological polar surface area (TPSA) is 150 Å². The van der Waals surface area contributed by atoms with E-state index in [2.05, 4.69) is 16.0 Å². The highest BCUT2D eigenvalue weighted by atomic mass is 16.6. The number of benzene rings is 2. The van der Waals surface area contributed by atoms with Gasteiger partial charge in [0.25, 0.3) is 5.91 Å². The molecule has 2 aromatic rings. The number of alkyl carbamates (subject to hydrolysis) is 1. The molecule has 1 saturated heterocycles. The van der Waals surface area contributed by atoms with Gasteiger partial charge in [-0.2, -0.15) is 0 Å². The van der Waals surface area contributed by atoms with Gasteiger partial charge in [0.2, 0.25) is 0 Å². The van der Waals surface area contributed by atoms with E-state index in [-0.39, 0.29) is 30.2 Å². The zero-order valence-corrected chi connectivity index (χ0v) is 29.6. The SMILES string of the molecule is Cc1cc(CC(OC(=O)N2CCC(N3CCc4ccccc4NC3=O)CC2)C(=O)NCCCCCCNC(=O)OC(C)(C)C)cc(C)c1O. The molecule has 1 unspecified atom stereocenters. The third-order valence-corrected chi connectivity index (χ3v) is 8.88. The smallest absolute Gasteiger partial charge is 0.410 e. The number of ether oxygens (including phenoxy) is 2. The molecule has 4 rings (SSSR count). The molecule has 0 aromatic heterocycles. The molecule has 49 heavy (non-hydrogen) atoms. The van der Waals surface area contributed by atoms with Gasteiger partial charge >= 0.3 is 18.2 Å². The average molecular weight is 680 g/mol. The number of carbonyl (C=O) groups excluding carboxylic acids is 4. The van der Waals surface area contributed by atoms with E-state index in [1.54, 1.807) is 30.9 Å². The molecule has 0 saturated carbocycles. The van der Waals surface area contributed by atoms with Gasteiger partial charge in [0.15, 0.2) is 6.10 Å². The summed E-state index contributed by atoms with van der Waals surface area (Å²) in [7, 11) is 0. The minimum Gasteiger partial charge on any atom is -0.507 e. The first-order valence-corrected chi connectivity index (χ1v) is 17.5. The zero-order valence-electron chi connectivity index (χ0n) is 29.6. The minimum absolute atomic E-state index is 0.00602. The van der Waals surface area contributed by atoms with Crippen LogP contribution in [-0.4, -0.2) is 89.5 Å². The number of unbranched alkanes of at least 4 members (excludes halogenated alkanes) is 3. The molecule has 2 aliphatic rings. The van der Waals surface area contributed by atoms with Crippen molar-refractivity contribution in [3.05, 3.63) is 58.7 Å². The minimum atomic E-state index is -1.05. The van der Waals surface area contributed by atoms with Gasteiger partial charge in [-0.25, -0.2) is 14.4 Å². The highest BCUT2D eigenvalue weighted by Gasteiger charge is 2.33. The summed E-state index contributed by atoms with van der Waals surface area (Å²) in [6.07, 6.45) is 3.36. The van der Waals surface area contributed by atoms with Crippen molar-refractivity contribution in [2.24, 2.45) is 0 Å². The molecule has 12 nitrogen and oxygen atoms in total. The normalized spacial score (nSPS) is 15.8.